The fraction of sp³-hybridized carbons (Fsp3) is 0.250. The lowest BCUT2D eigenvalue weighted by atomic mass is 9.93. The van der Waals surface area contributed by atoms with Crippen LogP contribution in [-0.2, 0) is 0 Å². The van der Waals surface area contributed by atoms with Crippen molar-refractivity contribution in [1.82, 2.24) is 0 Å². The molecule has 0 aliphatic heterocycles. The number of rotatable bonds is 5. The summed E-state index contributed by atoms with van der Waals surface area (Å²) >= 11 is 0. The molecule has 0 heterocycles. The highest BCUT2D eigenvalue weighted by Crippen LogP contribution is 2.37. The third-order valence-corrected chi connectivity index (χ3v) is 3.87. The maximum absolute atomic E-state index is 11.2. The van der Waals surface area contributed by atoms with Crippen LogP contribution < -0.4 is 0 Å². The molecule has 0 aliphatic carbocycles. The van der Waals surface area contributed by atoms with Gasteiger partial charge in [-0.3, -0.25) is 20.2 Å². The van der Waals surface area contributed by atoms with Crippen LogP contribution in [0.4, 0.5) is 11.4 Å². The summed E-state index contributed by atoms with van der Waals surface area (Å²) in [4.78, 5) is 20.7. The number of benzene rings is 2. The molecule has 7 heteroatoms. The second kappa shape index (κ2) is 6.43. The van der Waals surface area contributed by atoms with Crippen LogP contribution in [0.2, 0.25) is 0 Å². The molecule has 23 heavy (non-hydrogen) atoms. The molecule has 7 nitrogen and oxygen atoms in total. The standard InChI is InChI=1S/C16H16N2O5/c1-3-10(2)14-8-11(4-7-16(14)19)13-6-5-12(17(20)21)9-15(13)18(22)23/h4-10,19H,3H2,1-2H3. The summed E-state index contributed by atoms with van der Waals surface area (Å²) in [5.41, 5.74) is 0.851. The molecule has 1 N–H and O–H groups in total. The van der Waals surface area contributed by atoms with Crippen molar-refractivity contribution in [2.75, 3.05) is 0 Å². The molecule has 0 aliphatic rings. The zero-order chi connectivity index (χ0) is 17.1. The van der Waals surface area contributed by atoms with E-state index in [4.69, 9.17) is 0 Å². The molecule has 0 radical (unpaired) electrons. The molecule has 0 saturated carbocycles. The van der Waals surface area contributed by atoms with Crippen molar-refractivity contribution in [3.8, 4) is 16.9 Å². The maximum Gasteiger partial charge on any atom is 0.284 e. The summed E-state index contributed by atoms with van der Waals surface area (Å²) in [5, 5.41) is 32.0. The minimum Gasteiger partial charge on any atom is -0.508 e. The van der Waals surface area contributed by atoms with E-state index >= 15 is 0 Å². The largest absolute Gasteiger partial charge is 0.508 e. The molecule has 0 aromatic heterocycles. The second-order valence-corrected chi connectivity index (χ2v) is 5.30. The summed E-state index contributed by atoms with van der Waals surface area (Å²) in [6.07, 6.45) is 0.805. The highest BCUT2D eigenvalue weighted by molar-refractivity contribution is 5.76. The van der Waals surface area contributed by atoms with Gasteiger partial charge in [0.1, 0.15) is 5.75 Å². The first-order valence-electron chi connectivity index (χ1n) is 7.11. The summed E-state index contributed by atoms with van der Waals surface area (Å²) in [7, 11) is 0. The van der Waals surface area contributed by atoms with E-state index in [1.165, 1.54) is 18.2 Å². The molecule has 120 valence electrons. The van der Waals surface area contributed by atoms with Gasteiger partial charge in [-0.05, 0) is 41.7 Å². The normalized spacial score (nSPS) is 11.9. The van der Waals surface area contributed by atoms with Crippen LogP contribution in [0.3, 0.4) is 0 Å². The van der Waals surface area contributed by atoms with Crippen molar-refractivity contribution >= 4 is 11.4 Å². The molecule has 0 amide bonds. The van der Waals surface area contributed by atoms with Crippen molar-refractivity contribution in [3.63, 3.8) is 0 Å². The van der Waals surface area contributed by atoms with E-state index in [1.807, 2.05) is 13.8 Å². The van der Waals surface area contributed by atoms with Gasteiger partial charge < -0.3 is 5.11 Å². The Hall–Kier alpha value is -2.96. The number of hydrogen-bond donors (Lipinski definition) is 1. The van der Waals surface area contributed by atoms with Gasteiger partial charge in [-0.1, -0.05) is 19.9 Å². The molecule has 1 unspecified atom stereocenters. The molecular weight excluding hydrogens is 300 g/mol. The van der Waals surface area contributed by atoms with Crippen LogP contribution in [0.25, 0.3) is 11.1 Å². The smallest absolute Gasteiger partial charge is 0.284 e. The average Bonchev–Trinajstić information content (AvgIpc) is 2.53. The first kappa shape index (κ1) is 16.4. The molecule has 1 atom stereocenters. The van der Waals surface area contributed by atoms with Crippen LogP contribution >= 0.6 is 0 Å². The summed E-state index contributed by atoms with van der Waals surface area (Å²) < 4.78 is 0. The van der Waals surface area contributed by atoms with Crippen LogP contribution in [0, 0.1) is 20.2 Å². The van der Waals surface area contributed by atoms with Crippen LogP contribution in [0.15, 0.2) is 36.4 Å². The van der Waals surface area contributed by atoms with E-state index in [1.54, 1.807) is 12.1 Å². The third-order valence-electron chi connectivity index (χ3n) is 3.87. The number of aromatic hydroxyl groups is 1. The van der Waals surface area contributed by atoms with Crippen molar-refractivity contribution in [2.45, 2.75) is 26.2 Å². The molecular formula is C16H16N2O5. The predicted octanol–water partition coefficient (Wildman–Crippen LogP) is 4.39. The summed E-state index contributed by atoms with van der Waals surface area (Å²) in [6, 6.07) is 8.29. The number of nitro benzene ring substituents is 2. The number of hydrogen-bond acceptors (Lipinski definition) is 5. The van der Waals surface area contributed by atoms with Crippen molar-refractivity contribution in [1.29, 1.82) is 0 Å². The Morgan fingerprint density at radius 2 is 1.78 bits per heavy atom. The lowest BCUT2D eigenvalue weighted by molar-refractivity contribution is -0.393. The zero-order valence-corrected chi connectivity index (χ0v) is 12.7. The summed E-state index contributed by atoms with van der Waals surface area (Å²) in [5.74, 6) is 0.222. The van der Waals surface area contributed by atoms with Gasteiger partial charge in [0.05, 0.1) is 21.5 Å². The summed E-state index contributed by atoms with van der Waals surface area (Å²) in [6.45, 7) is 3.92. The van der Waals surface area contributed by atoms with Crippen molar-refractivity contribution in [3.05, 3.63) is 62.2 Å². The molecule has 2 aromatic carbocycles. The van der Waals surface area contributed by atoms with E-state index in [-0.39, 0.29) is 28.6 Å². The SMILES string of the molecule is CCC(C)c1cc(-c2ccc([N+](=O)[O-])cc2[N+](=O)[O-])ccc1O. The van der Waals surface area contributed by atoms with Crippen LogP contribution in [0.5, 0.6) is 5.75 Å². The predicted molar refractivity (Wildman–Crippen MR) is 85.6 cm³/mol. The number of nitro groups is 2. The Balaban J connectivity index is 2.62. The van der Waals surface area contributed by atoms with Crippen LogP contribution in [0.1, 0.15) is 31.7 Å². The Kier molecular flexibility index (Phi) is 4.59. The number of nitrogens with zero attached hydrogens (tertiary/aromatic N) is 2. The van der Waals surface area contributed by atoms with E-state index in [2.05, 4.69) is 0 Å². The quantitative estimate of drug-likeness (QED) is 0.650. The number of phenolic OH excluding ortho intramolecular Hbond substituents is 1. The molecule has 0 spiro atoms. The fourth-order valence-electron chi connectivity index (χ4n) is 2.37. The highest BCUT2D eigenvalue weighted by Gasteiger charge is 2.21. The van der Waals surface area contributed by atoms with Crippen LogP contribution in [-0.4, -0.2) is 15.0 Å². The molecule has 0 fully saturated rings. The highest BCUT2D eigenvalue weighted by atomic mass is 16.6. The third kappa shape index (κ3) is 3.28. The zero-order valence-electron chi connectivity index (χ0n) is 12.7. The molecule has 0 bridgehead atoms. The Morgan fingerprint density at radius 1 is 1.09 bits per heavy atom. The maximum atomic E-state index is 11.2. The average molecular weight is 316 g/mol. The van der Waals surface area contributed by atoms with Gasteiger partial charge in [0.25, 0.3) is 11.4 Å². The molecule has 2 rings (SSSR count). The van der Waals surface area contributed by atoms with Gasteiger partial charge >= 0.3 is 0 Å². The number of non-ortho nitro benzene ring substituents is 1. The minimum absolute atomic E-state index is 0.0899. The van der Waals surface area contributed by atoms with Crippen molar-refractivity contribution in [2.24, 2.45) is 0 Å². The van der Waals surface area contributed by atoms with E-state index in [0.29, 0.717) is 11.1 Å². The second-order valence-electron chi connectivity index (χ2n) is 5.30. The van der Waals surface area contributed by atoms with Crippen molar-refractivity contribution < 1.29 is 15.0 Å². The van der Waals surface area contributed by atoms with E-state index in [0.717, 1.165) is 12.5 Å². The lowest BCUT2D eigenvalue weighted by Gasteiger charge is -2.13. The topological polar surface area (TPSA) is 107 Å². The van der Waals surface area contributed by atoms with Gasteiger partial charge in [-0.25, -0.2) is 0 Å². The van der Waals surface area contributed by atoms with Gasteiger partial charge in [-0.15, -0.1) is 0 Å². The van der Waals surface area contributed by atoms with E-state index in [9.17, 15) is 25.3 Å². The minimum atomic E-state index is -0.668. The molecule has 0 saturated heterocycles. The fourth-order valence-corrected chi connectivity index (χ4v) is 2.37. The van der Waals surface area contributed by atoms with Gasteiger partial charge in [-0.2, -0.15) is 0 Å². The molecule has 2 aromatic rings. The Morgan fingerprint density at radius 3 is 2.35 bits per heavy atom. The first-order valence-corrected chi connectivity index (χ1v) is 7.11. The lowest BCUT2D eigenvalue weighted by Crippen LogP contribution is -1.97. The van der Waals surface area contributed by atoms with Gasteiger partial charge in [0, 0.05) is 6.07 Å². The van der Waals surface area contributed by atoms with Gasteiger partial charge in [0.2, 0.25) is 0 Å². The Labute approximate surface area is 132 Å². The first-order chi connectivity index (χ1) is 10.8. The van der Waals surface area contributed by atoms with E-state index < -0.39 is 9.85 Å². The Bertz CT molecular complexity index is 773. The monoisotopic (exact) mass is 316 g/mol. The van der Waals surface area contributed by atoms with Gasteiger partial charge in [0.15, 0.2) is 0 Å². The number of phenols is 1.